The Balaban J connectivity index is 1.83. The third-order valence-corrected chi connectivity index (χ3v) is 4.36. The van der Waals surface area contributed by atoms with Crippen molar-refractivity contribution in [1.29, 1.82) is 0 Å². The van der Waals surface area contributed by atoms with Crippen LogP contribution < -0.4 is 15.4 Å². The van der Waals surface area contributed by atoms with Crippen LogP contribution in [0.2, 0.25) is 0 Å². The van der Waals surface area contributed by atoms with Crippen molar-refractivity contribution in [3.05, 3.63) is 65.5 Å². The lowest BCUT2D eigenvalue weighted by atomic mass is 10.0. The minimum Gasteiger partial charge on any atom is -0.486 e. The monoisotopic (exact) mass is 381 g/mol. The lowest BCUT2D eigenvalue weighted by molar-refractivity contribution is -0.139. The van der Waals surface area contributed by atoms with Crippen LogP contribution in [0.3, 0.4) is 0 Å². The number of nitrogens with zero attached hydrogens (tertiary/aromatic N) is 1. The summed E-state index contributed by atoms with van der Waals surface area (Å²) in [4.78, 5) is 28.1. The van der Waals surface area contributed by atoms with Crippen molar-refractivity contribution in [1.82, 2.24) is 15.6 Å². The first kappa shape index (κ1) is 19.6. The molecule has 2 heterocycles. The van der Waals surface area contributed by atoms with Crippen molar-refractivity contribution < 1.29 is 19.1 Å². The van der Waals surface area contributed by atoms with Crippen LogP contribution in [-0.2, 0) is 16.1 Å². The van der Waals surface area contributed by atoms with Gasteiger partial charge >= 0.3 is 5.97 Å². The minimum atomic E-state index is -0.531. The summed E-state index contributed by atoms with van der Waals surface area (Å²) < 4.78 is 10.5. The summed E-state index contributed by atoms with van der Waals surface area (Å²) in [5.41, 5.74) is 3.21. The summed E-state index contributed by atoms with van der Waals surface area (Å²) >= 11 is 0. The van der Waals surface area contributed by atoms with Gasteiger partial charge in [0.15, 0.2) is 11.4 Å². The van der Waals surface area contributed by atoms with Gasteiger partial charge in [-0.25, -0.2) is 4.98 Å². The van der Waals surface area contributed by atoms with E-state index in [-0.39, 0.29) is 12.2 Å². The van der Waals surface area contributed by atoms with Crippen molar-refractivity contribution >= 4 is 17.4 Å². The zero-order valence-electron chi connectivity index (χ0n) is 15.7. The van der Waals surface area contributed by atoms with Crippen LogP contribution in [0.25, 0.3) is 5.57 Å². The van der Waals surface area contributed by atoms with Gasteiger partial charge in [0.25, 0.3) is 5.91 Å². The summed E-state index contributed by atoms with van der Waals surface area (Å²) in [5, 5.41) is 5.78. The standard InChI is InChI=1S/C21H23N3O4/c1-27-19(25)13-24-21(26)20-18(28-14-15-5-3-2-4-6-15)11-17(12-23-20)16-7-9-22-10-8-16/h2-7,11-12,22H,8-10,13-14H2,1H3,(H,24,26). The van der Waals surface area contributed by atoms with Crippen LogP contribution in [-0.4, -0.2) is 43.6 Å². The molecule has 1 aliphatic rings. The Bertz CT molecular complexity index is 865. The Hall–Kier alpha value is -3.19. The summed E-state index contributed by atoms with van der Waals surface area (Å²) in [7, 11) is 1.27. The molecule has 7 nitrogen and oxygen atoms in total. The third-order valence-electron chi connectivity index (χ3n) is 4.36. The quantitative estimate of drug-likeness (QED) is 0.713. The molecular formula is C21H23N3O4. The molecule has 0 fully saturated rings. The predicted molar refractivity (Wildman–Crippen MR) is 105 cm³/mol. The molecule has 1 aliphatic heterocycles. The van der Waals surface area contributed by atoms with Crippen molar-refractivity contribution in [2.24, 2.45) is 0 Å². The molecule has 0 atom stereocenters. The van der Waals surface area contributed by atoms with Crippen LogP contribution in [0.15, 0.2) is 48.7 Å². The average Bonchev–Trinajstić information content (AvgIpc) is 2.77. The number of esters is 1. The van der Waals surface area contributed by atoms with Crippen LogP contribution >= 0.6 is 0 Å². The van der Waals surface area contributed by atoms with E-state index >= 15 is 0 Å². The topological polar surface area (TPSA) is 89.5 Å². The smallest absolute Gasteiger partial charge is 0.325 e. The number of hydrogen-bond donors (Lipinski definition) is 2. The fraction of sp³-hybridized carbons (Fsp3) is 0.286. The van der Waals surface area contributed by atoms with Crippen molar-refractivity contribution in [2.75, 3.05) is 26.7 Å². The van der Waals surface area contributed by atoms with Gasteiger partial charge in [0.2, 0.25) is 0 Å². The largest absolute Gasteiger partial charge is 0.486 e. The molecule has 7 heteroatoms. The number of rotatable bonds is 7. The van der Waals surface area contributed by atoms with E-state index < -0.39 is 11.9 Å². The van der Waals surface area contributed by atoms with E-state index in [2.05, 4.69) is 26.4 Å². The molecule has 3 rings (SSSR count). The van der Waals surface area contributed by atoms with Crippen molar-refractivity contribution in [2.45, 2.75) is 13.0 Å². The van der Waals surface area contributed by atoms with E-state index in [9.17, 15) is 9.59 Å². The molecule has 0 radical (unpaired) electrons. The highest BCUT2D eigenvalue weighted by molar-refractivity contribution is 5.96. The molecule has 146 valence electrons. The van der Waals surface area contributed by atoms with Crippen LogP contribution in [0.4, 0.5) is 0 Å². The molecule has 0 aliphatic carbocycles. The lowest BCUT2D eigenvalue weighted by Gasteiger charge is -2.16. The maximum Gasteiger partial charge on any atom is 0.325 e. The Labute approximate surface area is 163 Å². The van der Waals surface area contributed by atoms with E-state index in [1.54, 1.807) is 6.20 Å². The first-order chi connectivity index (χ1) is 13.7. The van der Waals surface area contributed by atoms with Gasteiger partial charge in [0.05, 0.1) is 7.11 Å². The fourth-order valence-electron chi connectivity index (χ4n) is 2.83. The third kappa shape index (κ3) is 5.17. The van der Waals surface area contributed by atoms with E-state index in [0.717, 1.165) is 36.2 Å². The highest BCUT2D eigenvalue weighted by Gasteiger charge is 2.18. The molecular weight excluding hydrogens is 358 g/mol. The Morgan fingerprint density at radius 1 is 1.25 bits per heavy atom. The minimum absolute atomic E-state index is 0.137. The second-order valence-corrected chi connectivity index (χ2v) is 6.29. The number of aromatic nitrogens is 1. The number of carbonyl (C=O) groups is 2. The maximum absolute atomic E-state index is 12.5. The molecule has 0 saturated carbocycles. The summed E-state index contributed by atoms with van der Waals surface area (Å²) in [5.74, 6) is -0.640. The Morgan fingerprint density at radius 2 is 2.07 bits per heavy atom. The van der Waals surface area contributed by atoms with E-state index in [1.807, 2.05) is 36.4 Å². The van der Waals surface area contributed by atoms with Crippen LogP contribution in [0, 0.1) is 0 Å². The second-order valence-electron chi connectivity index (χ2n) is 6.29. The van der Waals surface area contributed by atoms with Crippen molar-refractivity contribution in [3.8, 4) is 5.75 Å². The predicted octanol–water partition coefficient (Wildman–Crippen LogP) is 1.94. The van der Waals surface area contributed by atoms with E-state index in [0.29, 0.717) is 12.4 Å². The summed E-state index contributed by atoms with van der Waals surface area (Å²) in [6.07, 6.45) is 4.66. The number of benzene rings is 1. The summed E-state index contributed by atoms with van der Waals surface area (Å²) in [6.45, 7) is 1.78. The number of amides is 1. The zero-order chi connectivity index (χ0) is 19.8. The number of nitrogens with one attached hydrogen (secondary N) is 2. The molecule has 2 aromatic rings. The Kier molecular flexibility index (Phi) is 6.75. The van der Waals surface area contributed by atoms with Gasteiger partial charge in [-0.15, -0.1) is 0 Å². The fourth-order valence-corrected chi connectivity index (χ4v) is 2.83. The van der Waals surface area contributed by atoms with Crippen LogP contribution in [0.5, 0.6) is 5.75 Å². The number of ether oxygens (including phenoxy) is 2. The molecule has 1 aromatic heterocycles. The first-order valence-electron chi connectivity index (χ1n) is 9.09. The number of pyridine rings is 1. The second kappa shape index (κ2) is 9.66. The van der Waals surface area contributed by atoms with E-state index in [4.69, 9.17) is 4.74 Å². The van der Waals surface area contributed by atoms with Gasteiger partial charge in [-0.1, -0.05) is 36.4 Å². The number of hydrogen-bond acceptors (Lipinski definition) is 6. The molecule has 0 unspecified atom stereocenters. The first-order valence-corrected chi connectivity index (χ1v) is 9.09. The van der Waals surface area contributed by atoms with Gasteiger partial charge in [-0.3, -0.25) is 9.59 Å². The SMILES string of the molecule is COC(=O)CNC(=O)c1ncc(C2=CCNCC2)cc1OCc1ccccc1. The van der Waals surface area contributed by atoms with E-state index in [1.165, 1.54) is 7.11 Å². The van der Waals surface area contributed by atoms with Crippen LogP contribution in [0.1, 0.15) is 28.0 Å². The number of carbonyl (C=O) groups excluding carboxylic acids is 2. The normalized spacial score (nSPS) is 13.4. The molecule has 1 aromatic carbocycles. The Morgan fingerprint density at radius 3 is 2.79 bits per heavy atom. The van der Waals surface area contributed by atoms with Gasteiger partial charge in [0.1, 0.15) is 13.2 Å². The van der Waals surface area contributed by atoms with Crippen molar-refractivity contribution in [3.63, 3.8) is 0 Å². The molecule has 1 amide bonds. The lowest BCUT2D eigenvalue weighted by Crippen LogP contribution is -2.31. The van der Waals surface area contributed by atoms with Gasteiger partial charge < -0.3 is 20.1 Å². The van der Waals surface area contributed by atoms with Gasteiger partial charge in [-0.05, 0) is 35.7 Å². The highest BCUT2D eigenvalue weighted by atomic mass is 16.5. The molecule has 28 heavy (non-hydrogen) atoms. The van der Waals surface area contributed by atoms with Gasteiger partial charge in [-0.2, -0.15) is 0 Å². The molecule has 0 bridgehead atoms. The average molecular weight is 381 g/mol. The zero-order valence-corrected chi connectivity index (χ0v) is 15.7. The molecule has 0 spiro atoms. The highest BCUT2D eigenvalue weighted by Crippen LogP contribution is 2.26. The summed E-state index contributed by atoms with van der Waals surface area (Å²) in [6, 6.07) is 11.5. The van der Waals surface area contributed by atoms with Gasteiger partial charge in [0, 0.05) is 12.7 Å². The maximum atomic E-state index is 12.5. The molecule has 2 N–H and O–H groups in total. The molecule has 0 saturated heterocycles. The number of methoxy groups -OCH3 is 1.